The summed E-state index contributed by atoms with van der Waals surface area (Å²) in [4.78, 5) is 27.2. The number of fused-ring (bicyclic) bond motifs is 1. The lowest BCUT2D eigenvalue weighted by atomic mass is 9.98. The molecular formula is C26H25NO4. The first-order chi connectivity index (χ1) is 15.0. The number of pyridine rings is 1. The predicted octanol–water partition coefficient (Wildman–Crippen LogP) is 5.08. The van der Waals surface area contributed by atoms with Crippen molar-refractivity contribution in [2.24, 2.45) is 0 Å². The van der Waals surface area contributed by atoms with Crippen molar-refractivity contribution in [1.82, 2.24) is 4.98 Å². The molecule has 158 valence electrons. The van der Waals surface area contributed by atoms with Gasteiger partial charge in [0, 0.05) is 23.2 Å². The van der Waals surface area contributed by atoms with E-state index in [0.717, 1.165) is 41.1 Å². The molecule has 5 nitrogen and oxygen atoms in total. The third kappa shape index (κ3) is 5.00. The number of carbonyl (C=O) groups is 2. The number of hydrogen-bond donors (Lipinski definition) is 1. The topological polar surface area (TPSA) is 76.5 Å². The van der Waals surface area contributed by atoms with Crippen LogP contribution in [0.15, 0.2) is 60.7 Å². The van der Waals surface area contributed by atoms with Crippen molar-refractivity contribution in [3.05, 3.63) is 83.0 Å². The van der Waals surface area contributed by atoms with Gasteiger partial charge in [0.2, 0.25) is 0 Å². The second kappa shape index (κ2) is 9.13. The van der Waals surface area contributed by atoms with Crippen LogP contribution >= 0.6 is 0 Å². The van der Waals surface area contributed by atoms with Crippen LogP contribution in [0, 0.1) is 0 Å². The molecule has 1 aliphatic rings. The fourth-order valence-corrected chi connectivity index (χ4v) is 4.12. The van der Waals surface area contributed by atoms with Crippen molar-refractivity contribution in [3.8, 4) is 17.0 Å². The smallest absolute Gasteiger partial charge is 0.303 e. The van der Waals surface area contributed by atoms with Gasteiger partial charge in [0.25, 0.3) is 0 Å². The fourth-order valence-electron chi connectivity index (χ4n) is 4.12. The Bertz CT molecular complexity index is 1100. The third-order valence-electron chi connectivity index (χ3n) is 5.76. The lowest BCUT2D eigenvalue weighted by molar-refractivity contribution is -0.137. The maximum atomic E-state index is 11.5. The summed E-state index contributed by atoms with van der Waals surface area (Å²) in [6, 6.07) is 19.4. The summed E-state index contributed by atoms with van der Waals surface area (Å²) in [5.41, 5.74) is 5.81. The van der Waals surface area contributed by atoms with E-state index in [9.17, 15) is 9.59 Å². The Morgan fingerprint density at radius 1 is 1.10 bits per heavy atom. The van der Waals surface area contributed by atoms with Gasteiger partial charge < -0.3 is 9.84 Å². The number of rotatable bonds is 8. The Hall–Kier alpha value is -3.47. The van der Waals surface area contributed by atoms with Gasteiger partial charge in [0.05, 0.1) is 18.7 Å². The lowest BCUT2D eigenvalue weighted by Crippen LogP contribution is -2.05. The van der Waals surface area contributed by atoms with Crippen LogP contribution in [0.25, 0.3) is 11.3 Å². The van der Waals surface area contributed by atoms with E-state index in [1.54, 1.807) is 6.92 Å². The minimum Gasteiger partial charge on any atom is -0.493 e. The monoisotopic (exact) mass is 415 g/mol. The van der Waals surface area contributed by atoms with Crippen molar-refractivity contribution in [2.45, 2.75) is 38.5 Å². The van der Waals surface area contributed by atoms with E-state index in [-0.39, 0.29) is 18.1 Å². The average Bonchev–Trinajstić information content (AvgIpc) is 3.15. The van der Waals surface area contributed by atoms with E-state index in [0.29, 0.717) is 18.6 Å². The Morgan fingerprint density at radius 2 is 1.90 bits per heavy atom. The molecule has 1 heterocycles. The number of nitrogens with zero attached hydrogens (tertiary/aromatic N) is 1. The normalized spacial score (nSPS) is 14.8. The zero-order valence-electron chi connectivity index (χ0n) is 17.5. The molecule has 0 aliphatic heterocycles. The Labute approximate surface area is 181 Å². The average molecular weight is 415 g/mol. The summed E-state index contributed by atoms with van der Waals surface area (Å²) in [5, 5.41) is 9.06. The Kier molecular flexibility index (Phi) is 6.12. The van der Waals surface area contributed by atoms with E-state index < -0.39 is 5.97 Å². The number of aryl methyl sites for hydroxylation is 1. The van der Waals surface area contributed by atoms with Gasteiger partial charge in [-0.25, -0.2) is 0 Å². The van der Waals surface area contributed by atoms with Crippen molar-refractivity contribution >= 4 is 11.8 Å². The van der Waals surface area contributed by atoms with Crippen molar-refractivity contribution in [1.29, 1.82) is 0 Å². The number of benzene rings is 2. The molecule has 31 heavy (non-hydrogen) atoms. The SMILES string of the molecule is CC(=O)c1ccc(-c2cccc(CCOc3ccc4c(c3)CC[C@H]4CC(=O)O)n2)cc1. The largest absolute Gasteiger partial charge is 0.493 e. The number of carboxylic acid groups (broad SMARTS) is 1. The molecule has 0 bridgehead atoms. The van der Waals surface area contributed by atoms with Crippen LogP contribution in [0.3, 0.4) is 0 Å². The highest BCUT2D eigenvalue weighted by Crippen LogP contribution is 2.37. The summed E-state index contributed by atoms with van der Waals surface area (Å²) in [6.45, 7) is 2.07. The van der Waals surface area contributed by atoms with Gasteiger partial charge in [0.1, 0.15) is 5.75 Å². The standard InChI is InChI=1S/C26H25NO4/c1-17(28)18-5-7-19(8-6-18)25-4-2-3-22(27-25)13-14-31-23-11-12-24-20(15-23)9-10-21(24)16-26(29)30/h2-8,11-12,15,21H,9-10,13-14,16H2,1H3,(H,29,30)/t21-/m0/s1. The number of hydrogen-bond acceptors (Lipinski definition) is 4. The molecule has 1 atom stereocenters. The molecule has 0 saturated carbocycles. The fraction of sp³-hybridized carbons (Fsp3) is 0.269. The van der Waals surface area contributed by atoms with E-state index in [4.69, 9.17) is 14.8 Å². The summed E-state index contributed by atoms with van der Waals surface area (Å²) in [7, 11) is 0. The predicted molar refractivity (Wildman–Crippen MR) is 119 cm³/mol. The number of aliphatic carboxylic acids is 1. The first kappa shape index (κ1) is 20.8. The first-order valence-corrected chi connectivity index (χ1v) is 10.5. The Morgan fingerprint density at radius 3 is 2.65 bits per heavy atom. The first-order valence-electron chi connectivity index (χ1n) is 10.5. The minimum absolute atomic E-state index is 0.0503. The second-order valence-electron chi connectivity index (χ2n) is 7.94. The number of ketones is 1. The molecule has 0 fully saturated rings. The van der Waals surface area contributed by atoms with Gasteiger partial charge in [-0.1, -0.05) is 36.4 Å². The number of Topliss-reactive ketones (excluding diaryl/α,β-unsaturated/α-hetero) is 1. The van der Waals surface area contributed by atoms with Gasteiger partial charge in [-0.3, -0.25) is 14.6 Å². The van der Waals surface area contributed by atoms with Gasteiger partial charge >= 0.3 is 5.97 Å². The highest BCUT2D eigenvalue weighted by atomic mass is 16.5. The number of aromatic nitrogens is 1. The molecule has 1 aromatic heterocycles. The molecule has 1 aliphatic carbocycles. The zero-order chi connectivity index (χ0) is 21.8. The van der Waals surface area contributed by atoms with Crippen LogP contribution in [-0.2, 0) is 17.6 Å². The van der Waals surface area contributed by atoms with Gasteiger partial charge in [-0.15, -0.1) is 0 Å². The Balaban J connectivity index is 1.37. The molecule has 0 unspecified atom stereocenters. The molecule has 5 heteroatoms. The maximum Gasteiger partial charge on any atom is 0.303 e. The molecule has 0 radical (unpaired) electrons. The molecule has 4 rings (SSSR count). The summed E-state index contributed by atoms with van der Waals surface area (Å²) < 4.78 is 5.95. The lowest BCUT2D eigenvalue weighted by Gasteiger charge is -2.11. The summed E-state index contributed by atoms with van der Waals surface area (Å²) in [5.74, 6) is 0.223. The van der Waals surface area contributed by atoms with Crippen molar-refractivity contribution < 1.29 is 19.4 Å². The molecule has 0 saturated heterocycles. The zero-order valence-corrected chi connectivity index (χ0v) is 17.5. The van der Waals surface area contributed by atoms with Crippen LogP contribution in [0.4, 0.5) is 0 Å². The van der Waals surface area contributed by atoms with Crippen LogP contribution < -0.4 is 4.74 Å². The summed E-state index contributed by atoms with van der Waals surface area (Å²) >= 11 is 0. The quantitative estimate of drug-likeness (QED) is 0.519. The van der Waals surface area contributed by atoms with Crippen molar-refractivity contribution in [2.75, 3.05) is 6.61 Å². The minimum atomic E-state index is -0.747. The number of carbonyl (C=O) groups excluding carboxylic acids is 1. The molecule has 0 amide bonds. The van der Waals surface area contributed by atoms with Crippen LogP contribution in [0.1, 0.15) is 52.9 Å². The van der Waals surface area contributed by atoms with Gasteiger partial charge in [-0.05, 0) is 61.1 Å². The highest BCUT2D eigenvalue weighted by molar-refractivity contribution is 5.94. The maximum absolute atomic E-state index is 11.5. The molecule has 0 spiro atoms. The number of ether oxygens (including phenoxy) is 1. The van der Waals surface area contributed by atoms with E-state index in [1.165, 1.54) is 5.56 Å². The van der Waals surface area contributed by atoms with Crippen LogP contribution in [0.5, 0.6) is 5.75 Å². The molecule has 2 aromatic carbocycles. The number of carboxylic acids is 1. The molecule has 1 N–H and O–H groups in total. The van der Waals surface area contributed by atoms with E-state index in [2.05, 4.69) is 0 Å². The van der Waals surface area contributed by atoms with Crippen molar-refractivity contribution in [3.63, 3.8) is 0 Å². The van der Waals surface area contributed by atoms with Gasteiger partial charge in [0.15, 0.2) is 5.78 Å². The highest BCUT2D eigenvalue weighted by Gasteiger charge is 2.24. The third-order valence-corrected chi connectivity index (χ3v) is 5.76. The summed E-state index contributed by atoms with van der Waals surface area (Å²) in [6.07, 6.45) is 2.65. The van der Waals surface area contributed by atoms with E-state index in [1.807, 2.05) is 60.7 Å². The molecule has 3 aromatic rings. The second-order valence-corrected chi connectivity index (χ2v) is 7.94. The van der Waals surface area contributed by atoms with Crippen LogP contribution in [-0.4, -0.2) is 28.4 Å². The van der Waals surface area contributed by atoms with Crippen LogP contribution in [0.2, 0.25) is 0 Å². The van der Waals surface area contributed by atoms with Gasteiger partial charge in [-0.2, -0.15) is 0 Å². The van der Waals surface area contributed by atoms with E-state index >= 15 is 0 Å². The molecular weight excluding hydrogens is 390 g/mol.